The van der Waals surface area contributed by atoms with Crippen LogP contribution in [0.1, 0.15) is 60.5 Å². The normalized spacial score (nSPS) is 13.8. The molecule has 0 aliphatic heterocycles. The van der Waals surface area contributed by atoms with Crippen molar-refractivity contribution in [2.24, 2.45) is 5.73 Å². The molecule has 1 saturated carbocycles. The topological polar surface area (TPSA) is 114 Å². The molecule has 0 spiro atoms. The molecule has 2 aromatic carbocycles. The van der Waals surface area contributed by atoms with Gasteiger partial charge in [0.15, 0.2) is 5.65 Å². The van der Waals surface area contributed by atoms with Crippen LogP contribution in [0.2, 0.25) is 0 Å². The molecule has 8 nitrogen and oxygen atoms in total. The van der Waals surface area contributed by atoms with Gasteiger partial charge in [0.2, 0.25) is 5.91 Å². The van der Waals surface area contributed by atoms with Gasteiger partial charge in [0.05, 0.1) is 5.56 Å². The minimum absolute atomic E-state index is 0.115. The molecular formula is C30H34N6O2. The van der Waals surface area contributed by atoms with Gasteiger partial charge in [0.25, 0.3) is 5.91 Å². The Morgan fingerprint density at radius 1 is 1.00 bits per heavy atom. The SMILES string of the molecule is CC(=O)Nc1ccc(-c2nc3c(C(=O)NCc4cccc(CN)c4)cccn3c2NC2CCCCC2)cc1. The Kier molecular flexibility index (Phi) is 7.70. The van der Waals surface area contributed by atoms with Crippen LogP contribution in [0, 0.1) is 0 Å². The number of nitrogens with one attached hydrogen (secondary N) is 3. The summed E-state index contributed by atoms with van der Waals surface area (Å²) in [5.74, 6) is 0.579. The summed E-state index contributed by atoms with van der Waals surface area (Å²) in [6.45, 7) is 2.35. The van der Waals surface area contributed by atoms with Gasteiger partial charge in [-0.25, -0.2) is 4.98 Å². The van der Waals surface area contributed by atoms with E-state index in [1.807, 2.05) is 71.3 Å². The average molecular weight is 511 g/mol. The summed E-state index contributed by atoms with van der Waals surface area (Å²) in [6, 6.07) is 19.6. The monoisotopic (exact) mass is 510 g/mol. The highest BCUT2D eigenvalue weighted by molar-refractivity contribution is 6.01. The Morgan fingerprint density at radius 3 is 2.50 bits per heavy atom. The highest BCUT2D eigenvalue weighted by Crippen LogP contribution is 2.33. The van der Waals surface area contributed by atoms with Crippen LogP contribution in [0.3, 0.4) is 0 Å². The van der Waals surface area contributed by atoms with E-state index in [4.69, 9.17) is 10.7 Å². The number of benzene rings is 2. The standard InChI is InChI=1S/C30H34N6O2/c1-20(37)33-25-14-12-23(13-15-25)27-29(34-24-9-3-2-4-10-24)36-16-6-11-26(28(36)35-27)30(38)32-19-22-8-5-7-21(17-22)18-31/h5-8,11-17,24,34H,2-4,9-10,18-19,31H2,1H3,(H,32,38)(H,33,37). The number of fused-ring (bicyclic) bond motifs is 1. The first-order valence-electron chi connectivity index (χ1n) is 13.2. The summed E-state index contributed by atoms with van der Waals surface area (Å²) in [5, 5.41) is 9.59. The highest BCUT2D eigenvalue weighted by atomic mass is 16.2. The third-order valence-electron chi connectivity index (χ3n) is 7.00. The van der Waals surface area contributed by atoms with Crippen molar-refractivity contribution in [2.75, 3.05) is 10.6 Å². The molecule has 2 aromatic heterocycles. The molecule has 0 atom stereocenters. The van der Waals surface area contributed by atoms with Crippen molar-refractivity contribution >= 4 is 29.0 Å². The van der Waals surface area contributed by atoms with E-state index in [0.29, 0.717) is 30.3 Å². The van der Waals surface area contributed by atoms with E-state index in [1.54, 1.807) is 0 Å². The van der Waals surface area contributed by atoms with Crippen molar-refractivity contribution in [2.45, 2.75) is 58.2 Å². The van der Waals surface area contributed by atoms with Gasteiger partial charge >= 0.3 is 0 Å². The van der Waals surface area contributed by atoms with Gasteiger partial charge < -0.3 is 21.7 Å². The molecule has 38 heavy (non-hydrogen) atoms. The van der Waals surface area contributed by atoms with E-state index in [0.717, 1.165) is 46.7 Å². The van der Waals surface area contributed by atoms with Crippen molar-refractivity contribution < 1.29 is 9.59 Å². The summed E-state index contributed by atoms with van der Waals surface area (Å²) in [7, 11) is 0. The predicted octanol–water partition coefficient (Wildman–Crippen LogP) is 5.09. The van der Waals surface area contributed by atoms with E-state index >= 15 is 0 Å². The number of carbonyl (C=O) groups excluding carboxylic acids is 2. The fourth-order valence-electron chi connectivity index (χ4n) is 5.08. The number of imidazole rings is 1. The summed E-state index contributed by atoms with van der Waals surface area (Å²) in [6.07, 6.45) is 7.83. The van der Waals surface area contributed by atoms with Crippen LogP contribution in [-0.2, 0) is 17.9 Å². The Balaban J connectivity index is 1.49. The number of carbonyl (C=O) groups is 2. The molecule has 4 aromatic rings. The molecule has 1 aliphatic carbocycles. The number of hydrogen-bond donors (Lipinski definition) is 4. The van der Waals surface area contributed by atoms with E-state index in [-0.39, 0.29) is 11.8 Å². The maximum atomic E-state index is 13.3. The van der Waals surface area contributed by atoms with Crippen molar-refractivity contribution in [3.05, 3.63) is 83.6 Å². The largest absolute Gasteiger partial charge is 0.367 e. The molecule has 0 bridgehead atoms. The fourth-order valence-corrected chi connectivity index (χ4v) is 5.08. The first kappa shape index (κ1) is 25.5. The minimum atomic E-state index is -0.185. The zero-order valence-electron chi connectivity index (χ0n) is 21.7. The first-order chi connectivity index (χ1) is 18.5. The van der Waals surface area contributed by atoms with Gasteiger partial charge in [-0.15, -0.1) is 0 Å². The molecule has 1 aliphatic rings. The van der Waals surface area contributed by atoms with E-state index in [2.05, 4.69) is 16.0 Å². The lowest BCUT2D eigenvalue weighted by Crippen LogP contribution is -2.24. The predicted molar refractivity (Wildman–Crippen MR) is 151 cm³/mol. The minimum Gasteiger partial charge on any atom is -0.367 e. The second-order valence-electron chi connectivity index (χ2n) is 9.87. The molecule has 0 radical (unpaired) electrons. The summed E-state index contributed by atoms with van der Waals surface area (Å²) in [5.41, 5.74) is 11.3. The summed E-state index contributed by atoms with van der Waals surface area (Å²) >= 11 is 0. The van der Waals surface area contributed by atoms with Crippen LogP contribution in [-0.4, -0.2) is 27.2 Å². The number of anilines is 2. The van der Waals surface area contributed by atoms with Crippen molar-refractivity contribution in [1.29, 1.82) is 0 Å². The van der Waals surface area contributed by atoms with Crippen LogP contribution in [0.4, 0.5) is 11.5 Å². The number of nitrogens with two attached hydrogens (primary N) is 1. The third kappa shape index (κ3) is 5.70. The van der Waals surface area contributed by atoms with Crippen LogP contribution in [0.25, 0.3) is 16.9 Å². The second-order valence-corrected chi connectivity index (χ2v) is 9.87. The third-order valence-corrected chi connectivity index (χ3v) is 7.00. The number of aromatic nitrogens is 2. The Hall–Kier alpha value is -4.17. The number of amides is 2. The van der Waals surface area contributed by atoms with Crippen molar-refractivity contribution in [3.8, 4) is 11.3 Å². The summed E-state index contributed by atoms with van der Waals surface area (Å²) < 4.78 is 1.98. The summed E-state index contributed by atoms with van der Waals surface area (Å²) in [4.78, 5) is 29.8. The van der Waals surface area contributed by atoms with Gasteiger partial charge in [-0.05, 0) is 48.2 Å². The second kappa shape index (κ2) is 11.5. The van der Waals surface area contributed by atoms with Crippen LogP contribution >= 0.6 is 0 Å². The van der Waals surface area contributed by atoms with Gasteiger partial charge in [0, 0.05) is 43.5 Å². The number of nitrogens with zero attached hydrogens (tertiary/aromatic N) is 2. The molecule has 8 heteroatoms. The molecule has 5 N–H and O–H groups in total. The highest BCUT2D eigenvalue weighted by Gasteiger charge is 2.22. The zero-order chi connectivity index (χ0) is 26.5. The maximum absolute atomic E-state index is 13.3. The number of pyridine rings is 1. The molecule has 1 fully saturated rings. The molecule has 196 valence electrons. The maximum Gasteiger partial charge on any atom is 0.255 e. The quantitative estimate of drug-likeness (QED) is 0.264. The van der Waals surface area contributed by atoms with Gasteiger partial charge in [-0.1, -0.05) is 55.7 Å². The molecule has 2 heterocycles. The Bertz CT molecular complexity index is 1440. The van der Waals surface area contributed by atoms with Crippen molar-refractivity contribution in [1.82, 2.24) is 14.7 Å². The molecule has 0 unspecified atom stereocenters. The molecule has 0 saturated heterocycles. The number of hydrogen-bond acceptors (Lipinski definition) is 5. The van der Waals surface area contributed by atoms with Gasteiger partial charge in [-0.2, -0.15) is 0 Å². The van der Waals surface area contributed by atoms with Gasteiger partial charge in [-0.3, -0.25) is 14.0 Å². The smallest absolute Gasteiger partial charge is 0.255 e. The Morgan fingerprint density at radius 2 is 1.76 bits per heavy atom. The lowest BCUT2D eigenvalue weighted by molar-refractivity contribution is -0.114. The van der Waals surface area contributed by atoms with Gasteiger partial charge in [0.1, 0.15) is 11.5 Å². The van der Waals surface area contributed by atoms with E-state index in [9.17, 15) is 9.59 Å². The first-order valence-corrected chi connectivity index (χ1v) is 13.2. The lowest BCUT2D eigenvalue weighted by Gasteiger charge is -2.24. The molecular weight excluding hydrogens is 476 g/mol. The zero-order valence-corrected chi connectivity index (χ0v) is 21.7. The molecule has 5 rings (SSSR count). The lowest BCUT2D eigenvalue weighted by atomic mass is 9.95. The fraction of sp³-hybridized carbons (Fsp3) is 0.300. The average Bonchev–Trinajstić information content (AvgIpc) is 3.30. The number of rotatable bonds is 8. The van der Waals surface area contributed by atoms with Crippen LogP contribution in [0.15, 0.2) is 66.9 Å². The van der Waals surface area contributed by atoms with Crippen LogP contribution < -0.4 is 21.7 Å². The van der Waals surface area contributed by atoms with Crippen molar-refractivity contribution in [3.63, 3.8) is 0 Å². The Labute approximate surface area is 222 Å². The van der Waals surface area contributed by atoms with E-state index in [1.165, 1.54) is 26.2 Å². The van der Waals surface area contributed by atoms with Crippen LogP contribution in [0.5, 0.6) is 0 Å². The van der Waals surface area contributed by atoms with E-state index < -0.39 is 0 Å². The molecule has 2 amide bonds.